The van der Waals surface area contributed by atoms with Crippen molar-refractivity contribution in [2.24, 2.45) is 0 Å². The van der Waals surface area contributed by atoms with E-state index in [2.05, 4.69) is 5.32 Å². The van der Waals surface area contributed by atoms with Crippen LogP contribution in [-0.2, 0) is 10.4 Å². The van der Waals surface area contributed by atoms with E-state index in [4.69, 9.17) is 23.2 Å². The van der Waals surface area contributed by atoms with Crippen LogP contribution in [0.4, 0.5) is 5.69 Å². The van der Waals surface area contributed by atoms with Crippen molar-refractivity contribution < 1.29 is 20.1 Å². The molecular weight excluding hydrogens is 341 g/mol. The monoisotopic (exact) mass is 353 g/mol. The molecule has 23 heavy (non-hydrogen) atoms. The molecule has 1 heterocycles. The first-order valence-electron chi connectivity index (χ1n) is 6.82. The lowest BCUT2D eigenvalue weighted by Crippen LogP contribution is -2.36. The number of aromatic hydroxyl groups is 1. The second-order valence-electron chi connectivity index (χ2n) is 5.41. The average Bonchev–Trinajstić information content (AvgIpc) is 2.77. The number of carbonyl (C=O) groups is 1. The van der Waals surface area contributed by atoms with Crippen LogP contribution in [0.1, 0.15) is 23.7 Å². The van der Waals surface area contributed by atoms with Crippen LogP contribution in [0, 0.1) is 0 Å². The van der Waals surface area contributed by atoms with Gasteiger partial charge < -0.3 is 20.6 Å². The Kier molecular flexibility index (Phi) is 3.98. The van der Waals surface area contributed by atoms with Gasteiger partial charge in [-0.2, -0.15) is 0 Å². The first-order chi connectivity index (χ1) is 10.8. The summed E-state index contributed by atoms with van der Waals surface area (Å²) in [6.45, 7) is 0. The lowest BCUT2D eigenvalue weighted by atomic mass is 9.87. The zero-order valence-electron chi connectivity index (χ0n) is 11.8. The Hall–Kier alpha value is -1.79. The molecule has 0 saturated heterocycles. The smallest absolute Gasteiger partial charge is 0.261 e. The van der Waals surface area contributed by atoms with Crippen LogP contribution in [0.5, 0.6) is 5.75 Å². The summed E-state index contributed by atoms with van der Waals surface area (Å²) >= 11 is 12.1. The van der Waals surface area contributed by atoms with E-state index in [0.717, 1.165) is 0 Å². The van der Waals surface area contributed by atoms with Gasteiger partial charge in [0.15, 0.2) is 5.60 Å². The summed E-state index contributed by atoms with van der Waals surface area (Å²) in [5, 5.41) is 33.4. The highest BCUT2D eigenvalue weighted by Crippen LogP contribution is 2.47. The van der Waals surface area contributed by atoms with Crippen molar-refractivity contribution in [2.45, 2.75) is 18.1 Å². The Morgan fingerprint density at radius 2 is 1.70 bits per heavy atom. The molecule has 2 atom stereocenters. The molecule has 3 rings (SSSR count). The molecule has 0 bridgehead atoms. The van der Waals surface area contributed by atoms with Gasteiger partial charge in [0.1, 0.15) is 5.75 Å². The Bertz CT molecular complexity index is 778. The number of fused-ring (bicyclic) bond motifs is 1. The third-order valence-corrected chi connectivity index (χ3v) is 4.53. The van der Waals surface area contributed by atoms with Gasteiger partial charge in [-0.15, -0.1) is 0 Å². The molecule has 1 aliphatic heterocycles. The fraction of sp³-hybridized carbons (Fsp3) is 0.188. The molecular formula is C16H13Cl2NO4. The SMILES string of the molecule is O=C1Nc2c(Cl)ccc(Cl)c2[C@@]1(O)CC(O)c1ccc(O)cc1. The predicted octanol–water partition coefficient (Wildman–Crippen LogP) is 2.96. The number of aliphatic hydroxyl groups is 2. The van der Waals surface area contributed by atoms with Crippen LogP contribution in [-0.4, -0.2) is 21.2 Å². The summed E-state index contributed by atoms with van der Waals surface area (Å²) in [6.07, 6.45) is -1.43. The molecule has 0 aromatic heterocycles. The van der Waals surface area contributed by atoms with E-state index in [9.17, 15) is 20.1 Å². The van der Waals surface area contributed by atoms with Crippen molar-refractivity contribution in [1.82, 2.24) is 0 Å². The van der Waals surface area contributed by atoms with E-state index in [0.29, 0.717) is 5.56 Å². The van der Waals surface area contributed by atoms with Gasteiger partial charge in [-0.25, -0.2) is 0 Å². The number of hydrogen-bond acceptors (Lipinski definition) is 4. The number of hydrogen-bond donors (Lipinski definition) is 4. The van der Waals surface area contributed by atoms with Gasteiger partial charge in [-0.1, -0.05) is 35.3 Å². The Morgan fingerprint density at radius 1 is 1.09 bits per heavy atom. The second-order valence-corrected chi connectivity index (χ2v) is 6.22. The van der Waals surface area contributed by atoms with Crippen molar-refractivity contribution in [3.63, 3.8) is 0 Å². The van der Waals surface area contributed by atoms with Crippen LogP contribution in [0.2, 0.25) is 10.0 Å². The third kappa shape index (κ3) is 2.66. The summed E-state index contributed by atoms with van der Waals surface area (Å²) in [5.74, 6) is -0.640. The molecule has 0 aliphatic carbocycles. The fourth-order valence-electron chi connectivity index (χ4n) is 2.70. The predicted molar refractivity (Wildman–Crippen MR) is 86.7 cm³/mol. The zero-order valence-corrected chi connectivity index (χ0v) is 13.3. The van der Waals surface area contributed by atoms with Gasteiger partial charge >= 0.3 is 0 Å². The second kappa shape index (κ2) is 5.69. The van der Waals surface area contributed by atoms with Gasteiger partial charge in [-0.3, -0.25) is 4.79 Å². The highest BCUT2D eigenvalue weighted by molar-refractivity contribution is 6.38. The van der Waals surface area contributed by atoms with Crippen LogP contribution in [0.3, 0.4) is 0 Å². The molecule has 2 aromatic rings. The molecule has 2 aromatic carbocycles. The zero-order chi connectivity index (χ0) is 16.8. The molecule has 1 amide bonds. The molecule has 1 aliphatic rings. The van der Waals surface area contributed by atoms with Crippen molar-refractivity contribution in [2.75, 3.05) is 5.32 Å². The molecule has 0 radical (unpaired) electrons. The van der Waals surface area contributed by atoms with E-state index < -0.39 is 17.6 Å². The summed E-state index contributed by atoms with van der Waals surface area (Å²) in [7, 11) is 0. The molecule has 120 valence electrons. The van der Waals surface area contributed by atoms with Crippen LogP contribution < -0.4 is 5.32 Å². The summed E-state index contributed by atoms with van der Waals surface area (Å²) < 4.78 is 0. The molecule has 0 spiro atoms. The fourth-order valence-corrected chi connectivity index (χ4v) is 3.22. The molecule has 0 saturated carbocycles. The highest BCUT2D eigenvalue weighted by Gasteiger charge is 2.49. The van der Waals surface area contributed by atoms with Gasteiger partial charge in [0.2, 0.25) is 0 Å². The van der Waals surface area contributed by atoms with Gasteiger partial charge in [0, 0.05) is 17.0 Å². The highest BCUT2D eigenvalue weighted by atomic mass is 35.5. The number of aliphatic hydroxyl groups excluding tert-OH is 1. The Balaban J connectivity index is 1.98. The minimum Gasteiger partial charge on any atom is -0.508 e. The summed E-state index contributed by atoms with van der Waals surface area (Å²) in [6, 6.07) is 8.85. The van der Waals surface area contributed by atoms with E-state index in [-0.39, 0.29) is 33.5 Å². The van der Waals surface area contributed by atoms with Crippen LogP contribution in [0.25, 0.3) is 0 Å². The minimum atomic E-state index is -1.99. The van der Waals surface area contributed by atoms with Crippen molar-refractivity contribution in [1.29, 1.82) is 0 Å². The Morgan fingerprint density at radius 3 is 2.35 bits per heavy atom. The molecule has 1 unspecified atom stereocenters. The van der Waals surface area contributed by atoms with Crippen LogP contribution >= 0.6 is 23.2 Å². The number of rotatable bonds is 3. The summed E-state index contributed by atoms with van der Waals surface area (Å²) in [5.41, 5.74) is -1.12. The molecule has 0 fully saturated rings. The maximum Gasteiger partial charge on any atom is 0.261 e. The number of anilines is 1. The van der Waals surface area contributed by atoms with Crippen molar-refractivity contribution in [3.05, 3.63) is 57.6 Å². The number of carbonyl (C=O) groups excluding carboxylic acids is 1. The normalized spacial score (nSPS) is 21.0. The molecule has 5 nitrogen and oxygen atoms in total. The first kappa shape index (κ1) is 16.1. The number of phenols is 1. The lowest BCUT2D eigenvalue weighted by Gasteiger charge is -2.25. The van der Waals surface area contributed by atoms with Crippen molar-refractivity contribution in [3.8, 4) is 5.75 Å². The van der Waals surface area contributed by atoms with E-state index in [1.165, 1.54) is 36.4 Å². The van der Waals surface area contributed by atoms with Gasteiger partial charge in [0.25, 0.3) is 5.91 Å². The number of amides is 1. The van der Waals surface area contributed by atoms with Crippen molar-refractivity contribution >= 4 is 34.8 Å². The maximum absolute atomic E-state index is 12.2. The van der Waals surface area contributed by atoms with Gasteiger partial charge in [0.05, 0.1) is 16.8 Å². The minimum absolute atomic E-state index is 0.0541. The number of nitrogens with one attached hydrogen (secondary N) is 1. The number of benzene rings is 2. The van der Waals surface area contributed by atoms with E-state index in [1.807, 2.05) is 0 Å². The summed E-state index contributed by atoms with van der Waals surface area (Å²) in [4.78, 5) is 12.2. The van der Waals surface area contributed by atoms with E-state index in [1.54, 1.807) is 0 Å². The quantitative estimate of drug-likeness (QED) is 0.682. The average molecular weight is 354 g/mol. The lowest BCUT2D eigenvalue weighted by molar-refractivity contribution is -0.137. The third-order valence-electron chi connectivity index (χ3n) is 3.90. The molecule has 4 N–H and O–H groups in total. The van der Waals surface area contributed by atoms with E-state index >= 15 is 0 Å². The number of phenolic OH excluding ortho intramolecular Hbond substituents is 1. The largest absolute Gasteiger partial charge is 0.508 e. The number of halogens is 2. The maximum atomic E-state index is 12.2. The first-order valence-corrected chi connectivity index (χ1v) is 7.58. The topological polar surface area (TPSA) is 89.8 Å². The van der Waals surface area contributed by atoms with Crippen LogP contribution in [0.15, 0.2) is 36.4 Å². The molecule has 7 heteroatoms. The van der Waals surface area contributed by atoms with Gasteiger partial charge in [-0.05, 0) is 29.8 Å². The standard InChI is InChI=1S/C16H13Cl2NO4/c17-10-5-6-11(18)14-13(10)16(23,15(22)19-14)7-12(21)8-1-3-9(20)4-2-8/h1-6,12,20-21,23H,7H2,(H,19,22)/t12?,16-/m0/s1. The Labute approximate surface area is 142 Å².